The van der Waals surface area contributed by atoms with Crippen molar-refractivity contribution in [3.63, 3.8) is 0 Å². The van der Waals surface area contributed by atoms with Gasteiger partial charge in [0.05, 0.1) is 30.1 Å². The van der Waals surface area contributed by atoms with Crippen LogP contribution < -0.4 is 9.62 Å². The summed E-state index contributed by atoms with van der Waals surface area (Å²) < 4.78 is 31.1. The number of carbonyl (C=O) groups excluding carboxylic acids is 1. The molecule has 1 unspecified atom stereocenters. The first kappa shape index (κ1) is 24.6. The lowest BCUT2D eigenvalue weighted by molar-refractivity contribution is -0.384. The van der Waals surface area contributed by atoms with Crippen molar-refractivity contribution in [3.05, 3.63) is 69.8 Å². The van der Waals surface area contributed by atoms with Gasteiger partial charge in [0.25, 0.3) is 5.69 Å². The second-order valence-electron chi connectivity index (χ2n) is 7.94. The third kappa shape index (κ3) is 6.73. The van der Waals surface area contributed by atoms with Crippen molar-refractivity contribution in [1.29, 1.82) is 0 Å². The lowest BCUT2D eigenvalue weighted by Gasteiger charge is -2.28. The van der Waals surface area contributed by atoms with Crippen LogP contribution in [-0.2, 0) is 32.6 Å². The summed E-state index contributed by atoms with van der Waals surface area (Å²) in [5, 5.41) is 13.9. The van der Waals surface area contributed by atoms with Gasteiger partial charge in [-0.15, -0.1) is 0 Å². The normalized spacial score (nSPS) is 15.6. The third-order valence-corrected chi connectivity index (χ3v) is 6.59. The Bertz CT molecular complexity index is 1100. The van der Waals surface area contributed by atoms with Gasteiger partial charge in [-0.1, -0.05) is 30.3 Å². The van der Waals surface area contributed by atoms with Gasteiger partial charge in [0, 0.05) is 38.3 Å². The van der Waals surface area contributed by atoms with Crippen LogP contribution in [0, 0.1) is 10.1 Å². The molecule has 11 heteroatoms. The Kier molecular flexibility index (Phi) is 8.01. The van der Waals surface area contributed by atoms with Crippen LogP contribution in [-0.4, -0.2) is 62.7 Å². The fourth-order valence-corrected chi connectivity index (χ4v) is 4.91. The van der Waals surface area contributed by atoms with E-state index in [1.165, 1.54) is 25.1 Å². The van der Waals surface area contributed by atoms with E-state index < -0.39 is 26.9 Å². The molecular formula is C22H28N4O6S. The molecule has 0 radical (unpaired) electrons. The smallest absolute Gasteiger partial charge is 0.271 e. The van der Waals surface area contributed by atoms with Crippen LogP contribution >= 0.6 is 0 Å². The lowest BCUT2D eigenvalue weighted by Crippen LogP contribution is -2.47. The highest BCUT2D eigenvalue weighted by atomic mass is 32.2. The fourth-order valence-electron chi connectivity index (χ4n) is 3.74. The Morgan fingerprint density at radius 3 is 2.52 bits per heavy atom. The van der Waals surface area contributed by atoms with Gasteiger partial charge < -0.3 is 10.1 Å². The van der Waals surface area contributed by atoms with E-state index >= 15 is 0 Å². The molecule has 1 saturated heterocycles. The summed E-state index contributed by atoms with van der Waals surface area (Å²) in [6.45, 7) is 5.64. The number of hydrogen-bond donors (Lipinski definition) is 1. The maximum Gasteiger partial charge on any atom is 0.271 e. The molecule has 0 saturated carbocycles. The van der Waals surface area contributed by atoms with Crippen molar-refractivity contribution in [2.75, 3.05) is 36.9 Å². The summed E-state index contributed by atoms with van der Waals surface area (Å²) in [6, 6.07) is 12.0. The molecule has 1 N–H and O–H groups in total. The Hall–Kier alpha value is -3.02. The van der Waals surface area contributed by atoms with Crippen molar-refractivity contribution in [1.82, 2.24) is 10.2 Å². The number of anilines is 1. The van der Waals surface area contributed by atoms with Crippen molar-refractivity contribution >= 4 is 27.3 Å². The van der Waals surface area contributed by atoms with Gasteiger partial charge in [0.1, 0.15) is 6.04 Å². The first-order valence-corrected chi connectivity index (χ1v) is 12.4. The molecule has 2 aromatic rings. The molecule has 1 fully saturated rings. The van der Waals surface area contributed by atoms with Crippen molar-refractivity contribution in [2.24, 2.45) is 0 Å². The van der Waals surface area contributed by atoms with E-state index in [1.807, 2.05) is 24.3 Å². The Morgan fingerprint density at radius 2 is 1.85 bits per heavy atom. The van der Waals surface area contributed by atoms with Crippen LogP contribution in [0.3, 0.4) is 0 Å². The average molecular weight is 477 g/mol. The maximum absolute atomic E-state index is 12.8. The van der Waals surface area contributed by atoms with E-state index in [2.05, 4.69) is 10.2 Å². The molecule has 2 aromatic carbocycles. The van der Waals surface area contributed by atoms with Crippen molar-refractivity contribution in [2.45, 2.75) is 26.1 Å². The summed E-state index contributed by atoms with van der Waals surface area (Å²) in [5.41, 5.74) is 1.81. The Labute approximate surface area is 193 Å². The summed E-state index contributed by atoms with van der Waals surface area (Å²) in [5.74, 6) is -0.509. The zero-order chi connectivity index (χ0) is 24.0. The first-order valence-electron chi connectivity index (χ1n) is 10.5. The van der Waals surface area contributed by atoms with Gasteiger partial charge in [0.2, 0.25) is 15.9 Å². The molecular weight excluding hydrogens is 448 g/mol. The molecule has 178 valence electrons. The lowest BCUT2D eigenvalue weighted by atomic mass is 10.1. The maximum atomic E-state index is 12.8. The number of morpholine rings is 1. The van der Waals surface area contributed by atoms with Crippen LogP contribution in [0.25, 0.3) is 0 Å². The first-order chi connectivity index (χ1) is 15.6. The number of nitro groups is 1. The van der Waals surface area contributed by atoms with Crippen LogP contribution in [0.1, 0.15) is 18.1 Å². The monoisotopic (exact) mass is 476 g/mol. The van der Waals surface area contributed by atoms with Crippen LogP contribution in [0.4, 0.5) is 11.4 Å². The summed E-state index contributed by atoms with van der Waals surface area (Å²) in [4.78, 5) is 25.6. The third-order valence-electron chi connectivity index (χ3n) is 5.35. The predicted octanol–water partition coefficient (Wildman–Crippen LogP) is 1.90. The minimum atomic E-state index is -3.88. The molecule has 10 nitrogen and oxygen atoms in total. The molecule has 1 aliphatic heterocycles. The van der Waals surface area contributed by atoms with E-state index in [0.29, 0.717) is 0 Å². The Morgan fingerprint density at radius 1 is 1.18 bits per heavy atom. The number of ether oxygens (including phenoxy) is 1. The predicted molar refractivity (Wildman–Crippen MR) is 124 cm³/mol. The second kappa shape index (κ2) is 10.7. The van der Waals surface area contributed by atoms with Gasteiger partial charge in [-0.05, 0) is 24.1 Å². The zero-order valence-corrected chi connectivity index (χ0v) is 19.5. The van der Waals surface area contributed by atoms with Crippen molar-refractivity contribution in [3.8, 4) is 0 Å². The summed E-state index contributed by atoms with van der Waals surface area (Å²) in [7, 11) is -3.88. The number of carbonyl (C=O) groups is 1. The summed E-state index contributed by atoms with van der Waals surface area (Å²) >= 11 is 0. The number of nitrogens with one attached hydrogen (secondary N) is 1. The number of benzene rings is 2. The molecule has 0 aliphatic carbocycles. The van der Waals surface area contributed by atoms with Crippen LogP contribution in [0.15, 0.2) is 48.5 Å². The van der Waals surface area contributed by atoms with Crippen molar-refractivity contribution < 1.29 is 22.9 Å². The molecule has 1 aliphatic rings. The van der Waals surface area contributed by atoms with E-state index in [9.17, 15) is 23.3 Å². The topological polar surface area (TPSA) is 122 Å². The molecule has 0 aromatic heterocycles. The number of non-ortho nitro benzene ring substituents is 1. The number of hydrogen-bond acceptors (Lipinski definition) is 7. The number of rotatable bonds is 9. The SMILES string of the molecule is CC(C(=O)NCc1cccc(CN2CCOCC2)c1)N(c1cccc([N+](=O)[O-])c1)S(C)(=O)=O. The number of nitrogens with zero attached hydrogens (tertiary/aromatic N) is 3. The second-order valence-corrected chi connectivity index (χ2v) is 9.80. The van der Waals surface area contributed by atoms with E-state index in [0.717, 1.165) is 60.6 Å². The minimum Gasteiger partial charge on any atom is -0.379 e. The molecule has 1 heterocycles. The highest BCUT2D eigenvalue weighted by Crippen LogP contribution is 2.25. The van der Waals surface area contributed by atoms with Crippen LogP contribution in [0.5, 0.6) is 0 Å². The zero-order valence-electron chi connectivity index (χ0n) is 18.6. The molecule has 0 bridgehead atoms. The van der Waals surface area contributed by atoms with Gasteiger partial charge in [-0.25, -0.2) is 8.42 Å². The quantitative estimate of drug-likeness (QED) is 0.433. The van der Waals surface area contributed by atoms with E-state index in [4.69, 9.17) is 4.74 Å². The number of amides is 1. The fraction of sp³-hybridized carbons (Fsp3) is 0.409. The molecule has 33 heavy (non-hydrogen) atoms. The van der Waals surface area contributed by atoms with Gasteiger partial charge in [0.15, 0.2) is 0 Å². The molecule has 1 amide bonds. The molecule has 3 rings (SSSR count). The summed E-state index contributed by atoms with van der Waals surface area (Å²) in [6.07, 6.45) is 0.963. The largest absolute Gasteiger partial charge is 0.379 e. The number of sulfonamides is 1. The van der Waals surface area contributed by atoms with E-state index in [1.54, 1.807) is 0 Å². The molecule has 1 atom stereocenters. The number of nitro benzene ring substituents is 1. The van der Waals surface area contributed by atoms with Gasteiger partial charge >= 0.3 is 0 Å². The molecule has 0 spiro atoms. The highest BCUT2D eigenvalue weighted by Gasteiger charge is 2.30. The Balaban J connectivity index is 1.69. The van der Waals surface area contributed by atoms with Gasteiger partial charge in [-0.2, -0.15) is 0 Å². The standard InChI is InChI=1S/C22H28N4O6S/c1-17(25(33(2,30)31)20-7-4-8-21(14-20)26(28)29)22(27)23-15-18-5-3-6-19(13-18)16-24-9-11-32-12-10-24/h3-8,13-14,17H,9-12,15-16H2,1-2H3,(H,23,27). The average Bonchev–Trinajstić information content (AvgIpc) is 2.77. The van der Waals surface area contributed by atoms with E-state index in [-0.39, 0.29) is 17.9 Å². The highest BCUT2D eigenvalue weighted by molar-refractivity contribution is 7.92. The van der Waals surface area contributed by atoms with Crippen LogP contribution in [0.2, 0.25) is 0 Å². The van der Waals surface area contributed by atoms with Gasteiger partial charge in [-0.3, -0.25) is 24.1 Å². The minimum absolute atomic E-state index is 0.0573.